The van der Waals surface area contributed by atoms with Crippen LogP contribution in [-0.4, -0.2) is 66.5 Å². The first-order valence-corrected chi connectivity index (χ1v) is 9.69. The molecule has 0 spiro atoms. The molecule has 6 nitrogen and oxygen atoms in total. The molecule has 2 aromatic rings. The van der Waals surface area contributed by atoms with E-state index in [0.717, 1.165) is 61.8 Å². The molecule has 2 N–H and O–H groups in total. The lowest BCUT2D eigenvalue weighted by Crippen LogP contribution is -2.52. The third-order valence-corrected chi connectivity index (χ3v) is 5.33. The second kappa shape index (κ2) is 9.78. The van der Waals surface area contributed by atoms with Gasteiger partial charge in [0.2, 0.25) is 0 Å². The van der Waals surface area contributed by atoms with Crippen LogP contribution >= 0.6 is 0 Å². The van der Waals surface area contributed by atoms with Gasteiger partial charge < -0.3 is 19.7 Å². The van der Waals surface area contributed by atoms with Crippen molar-refractivity contribution in [2.75, 3.05) is 40.5 Å². The average molecular weight is 386 g/mol. The molecule has 2 aromatic carbocycles. The highest BCUT2D eigenvalue weighted by molar-refractivity contribution is 5.38. The lowest BCUT2D eigenvalue weighted by molar-refractivity contribution is 0.0495. The third kappa shape index (κ3) is 5.16. The third-order valence-electron chi connectivity index (χ3n) is 5.33. The number of phenols is 1. The number of ether oxygens (including phenoxy) is 2. The van der Waals surface area contributed by atoms with Crippen LogP contribution in [0.4, 0.5) is 0 Å². The van der Waals surface area contributed by atoms with Crippen molar-refractivity contribution in [2.45, 2.75) is 25.6 Å². The monoisotopic (exact) mass is 386 g/mol. The summed E-state index contributed by atoms with van der Waals surface area (Å²) in [5.74, 6) is 1.91. The number of piperazine rings is 1. The van der Waals surface area contributed by atoms with Crippen LogP contribution in [0, 0.1) is 0 Å². The van der Waals surface area contributed by atoms with Crippen LogP contribution in [-0.2, 0) is 13.1 Å². The SMILES string of the molecule is COc1cc(CN2CCN(Cc3ccccc3O)C[C@@H]2CCO)cc(OC)c1. The van der Waals surface area contributed by atoms with E-state index in [1.165, 1.54) is 0 Å². The molecule has 1 aliphatic rings. The molecular weight excluding hydrogens is 356 g/mol. The first kappa shape index (κ1) is 20.5. The Morgan fingerprint density at radius 2 is 1.71 bits per heavy atom. The van der Waals surface area contributed by atoms with Crippen molar-refractivity contribution >= 4 is 0 Å². The molecule has 1 saturated heterocycles. The van der Waals surface area contributed by atoms with E-state index >= 15 is 0 Å². The minimum absolute atomic E-state index is 0.160. The van der Waals surface area contributed by atoms with Gasteiger partial charge in [-0.3, -0.25) is 9.80 Å². The Bertz CT molecular complexity index is 746. The lowest BCUT2D eigenvalue weighted by Gasteiger charge is -2.41. The molecule has 152 valence electrons. The zero-order chi connectivity index (χ0) is 19.9. The van der Waals surface area contributed by atoms with E-state index in [4.69, 9.17) is 9.47 Å². The van der Waals surface area contributed by atoms with Gasteiger partial charge in [0.1, 0.15) is 17.2 Å². The van der Waals surface area contributed by atoms with Crippen LogP contribution in [0.1, 0.15) is 17.5 Å². The molecule has 0 saturated carbocycles. The second-order valence-corrected chi connectivity index (χ2v) is 7.22. The molecule has 28 heavy (non-hydrogen) atoms. The summed E-state index contributed by atoms with van der Waals surface area (Å²) in [6, 6.07) is 13.7. The normalized spacial score (nSPS) is 18.2. The van der Waals surface area contributed by atoms with Gasteiger partial charge in [0.25, 0.3) is 0 Å². The Labute approximate surface area is 166 Å². The molecule has 0 aliphatic carbocycles. The van der Waals surface area contributed by atoms with E-state index in [-0.39, 0.29) is 12.6 Å². The number of aliphatic hydroxyl groups is 1. The Morgan fingerprint density at radius 1 is 1.00 bits per heavy atom. The van der Waals surface area contributed by atoms with Gasteiger partial charge >= 0.3 is 0 Å². The number of phenolic OH excluding ortho intramolecular Hbond substituents is 1. The highest BCUT2D eigenvalue weighted by Crippen LogP contribution is 2.26. The van der Waals surface area contributed by atoms with Crippen molar-refractivity contribution < 1.29 is 19.7 Å². The summed E-state index contributed by atoms with van der Waals surface area (Å²) >= 11 is 0. The van der Waals surface area contributed by atoms with Crippen LogP contribution in [0.3, 0.4) is 0 Å². The summed E-state index contributed by atoms with van der Waals surface area (Å²) < 4.78 is 10.8. The van der Waals surface area contributed by atoms with Crippen molar-refractivity contribution in [1.29, 1.82) is 0 Å². The predicted octanol–water partition coefficient (Wildman–Crippen LogP) is 2.48. The van der Waals surface area contributed by atoms with Crippen molar-refractivity contribution in [3.63, 3.8) is 0 Å². The number of rotatable bonds is 8. The summed E-state index contributed by atoms with van der Waals surface area (Å²) in [4.78, 5) is 4.75. The van der Waals surface area contributed by atoms with E-state index < -0.39 is 0 Å². The van der Waals surface area contributed by atoms with Crippen LogP contribution < -0.4 is 9.47 Å². The number of aliphatic hydroxyl groups excluding tert-OH is 1. The number of aromatic hydroxyl groups is 1. The number of methoxy groups -OCH3 is 2. The molecule has 6 heteroatoms. The fourth-order valence-electron chi connectivity index (χ4n) is 3.81. The quantitative estimate of drug-likeness (QED) is 0.727. The van der Waals surface area contributed by atoms with Gasteiger partial charge in [-0.2, -0.15) is 0 Å². The summed E-state index contributed by atoms with van der Waals surface area (Å²) in [7, 11) is 3.32. The highest BCUT2D eigenvalue weighted by atomic mass is 16.5. The van der Waals surface area contributed by atoms with Gasteiger partial charge in [-0.15, -0.1) is 0 Å². The number of hydrogen-bond acceptors (Lipinski definition) is 6. The van der Waals surface area contributed by atoms with Crippen molar-refractivity contribution in [3.8, 4) is 17.2 Å². The van der Waals surface area contributed by atoms with E-state index in [0.29, 0.717) is 5.75 Å². The molecule has 0 bridgehead atoms. The summed E-state index contributed by atoms with van der Waals surface area (Å²) in [5, 5.41) is 19.6. The topological polar surface area (TPSA) is 65.4 Å². The zero-order valence-corrected chi connectivity index (χ0v) is 16.7. The van der Waals surface area contributed by atoms with Gasteiger partial charge in [-0.25, -0.2) is 0 Å². The number of benzene rings is 2. The van der Waals surface area contributed by atoms with Crippen LogP contribution in [0.15, 0.2) is 42.5 Å². The Hall–Kier alpha value is -2.28. The Morgan fingerprint density at radius 3 is 2.36 bits per heavy atom. The van der Waals surface area contributed by atoms with Crippen LogP contribution in [0.5, 0.6) is 17.2 Å². The predicted molar refractivity (Wildman–Crippen MR) is 109 cm³/mol. The molecule has 0 aromatic heterocycles. The van der Waals surface area contributed by atoms with Crippen LogP contribution in [0.2, 0.25) is 0 Å². The molecule has 1 aliphatic heterocycles. The van der Waals surface area contributed by atoms with E-state index in [9.17, 15) is 10.2 Å². The Balaban J connectivity index is 1.68. The number of nitrogens with zero attached hydrogens (tertiary/aromatic N) is 2. The molecule has 0 amide bonds. The van der Waals surface area contributed by atoms with Crippen molar-refractivity contribution in [2.24, 2.45) is 0 Å². The first-order valence-electron chi connectivity index (χ1n) is 9.69. The molecule has 1 heterocycles. The fourth-order valence-corrected chi connectivity index (χ4v) is 3.81. The van der Waals surface area contributed by atoms with Crippen LogP contribution in [0.25, 0.3) is 0 Å². The van der Waals surface area contributed by atoms with Gasteiger partial charge in [0.05, 0.1) is 14.2 Å². The fraction of sp³-hybridized carbons (Fsp3) is 0.455. The van der Waals surface area contributed by atoms with Gasteiger partial charge in [-0.05, 0) is 30.2 Å². The summed E-state index contributed by atoms with van der Waals surface area (Å²) in [6.45, 7) is 4.33. The summed E-state index contributed by atoms with van der Waals surface area (Å²) in [5.41, 5.74) is 2.07. The largest absolute Gasteiger partial charge is 0.508 e. The molecule has 0 unspecified atom stereocenters. The van der Waals surface area contributed by atoms with Gasteiger partial charge in [-0.1, -0.05) is 18.2 Å². The van der Waals surface area contributed by atoms with Crippen molar-refractivity contribution in [3.05, 3.63) is 53.6 Å². The standard InChI is InChI=1S/C22H30N2O4/c1-27-20-11-17(12-21(13-20)28-2)14-24-9-8-23(16-19(24)7-10-25)15-18-5-3-4-6-22(18)26/h3-6,11-13,19,25-26H,7-10,14-16H2,1-2H3/t19-/m0/s1. The second-order valence-electron chi connectivity index (χ2n) is 7.22. The van der Waals surface area contributed by atoms with E-state index in [2.05, 4.69) is 9.80 Å². The maximum atomic E-state index is 10.1. The molecule has 3 rings (SSSR count). The maximum Gasteiger partial charge on any atom is 0.122 e. The number of para-hydroxylation sites is 1. The molecule has 1 fully saturated rings. The van der Waals surface area contributed by atoms with Crippen molar-refractivity contribution in [1.82, 2.24) is 9.80 Å². The summed E-state index contributed by atoms with van der Waals surface area (Å²) in [6.07, 6.45) is 0.721. The highest BCUT2D eigenvalue weighted by Gasteiger charge is 2.27. The van der Waals surface area contributed by atoms with Gasteiger partial charge in [0.15, 0.2) is 0 Å². The number of hydrogen-bond donors (Lipinski definition) is 2. The minimum Gasteiger partial charge on any atom is -0.508 e. The van der Waals surface area contributed by atoms with E-state index in [1.54, 1.807) is 20.3 Å². The van der Waals surface area contributed by atoms with Gasteiger partial charge in [0, 0.05) is 57.0 Å². The Kier molecular flexibility index (Phi) is 7.14. The van der Waals surface area contributed by atoms with E-state index in [1.807, 2.05) is 36.4 Å². The minimum atomic E-state index is 0.160. The molecular formula is C22H30N2O4. The molecule has 1 atom stereocenters. The first-order chi connectivity index (χ1) is 13.6. The molecule has 0 radical (unpaired) electrons. The maximum absolute atomic E-state index is 10.1. The smallest absolute Gasteiger partial charge is 0.122 e. The average Bonchev–Trinajstić information content (AvgIpc) is 2.71. The lowest BCUT2D eigenvalue weighted by atomic mass is 10.1. The zero-order valence-electron chi connectivity index (χ0n) is 16.7.